The SMILES string of the molecule is CCCc1nc(NC2CCCC2)cc(OCCOC)n1. The molecule has 0 unspecified atom stereocenters. The molecule has 1 aliphatic carbocycles. The molecule has 1 N–H and O–H groups in total. The number of hydrogen-bond acceptors (Lipinski definition) is 5. The van der Waals surface area contributed by atoms with Crippen molar-refractivity contribution in [2.75, 3.05) is 25.6 Å². The van der Waals surface area contributed by atoms with Gasteiger partial charge in [-0.25, -0.2) is 4.98 Å². The fraction of sp³-hybridized carbons (Fsp3) is 0.733. The summed E-state index contributed by atoms with van der Waals surface area (Å²) < 4.78 is 10.6. The van der Waals surface area contributed by atoms with E-state index in [1.807, 2.05) is 6.07 Å². The quantitative estimate of drug-likeness (QED) is 0.742. The third-order valence-electron chi connectivity index (χ3n) is 3.47. The Morgan fingerprint density at radius 2 is 2.05 bits per heavy atom. The minimum Gasteiger partial charge on any atom is -0.475 e. The van der Waals surface area contributed by atoms with Crippen LogP contribution in [-0.2, 0) is 11.2 Å². The van der Waals surface area contributed by atoms with E-state index >= 15 is 0 Å². The number of rotatable bonds is 8. The van der Waals surface area contributed by atoms with Crippen LogP contribution in [0.25, 0.3) is 0 Å². The minimum absolute atomic E-state index is 0.516. The fourth-order valence-electron chi connectivity index (χ4n) is 2.46. The summed E-state index contributed by atoms with van der Waals surface area (Å²) in [4.78, 5) is 9.02. The van der Waals surface area contributed by atoms with Gasteiger partial charge in [0.25, 0.3) is 0 Å². The zero-order valence-corrected chi connectivity index (χ0v) is 12.5. The summed E-state index contributed by atoms with van der Waals surface area (Å²) in [6.45, 7) is 3.21. The Balaban J connectivity index is 2.03. The Morgan fingerprint density at radius 1 is 1.25 bits per heavy atom. The molecule has 1 fully saturated rings. The van der Waals surface area contributed by atoms with Gasteiger partial charge >= 0.3 is 0 Å². The standard InChI is InChI=1S/C15H25N3O2/c1-3-6-13-17-14(16-12-7-4-5-8-12)11-15(18-13)20-10-9-19-2/h11-12H,3-10H2,1-2H3,(H,16,17,18). The lowest BCUT2D eigenvalue weighted by Gasteiger charge is -2.14. The van der Waals surface area contributed by atoms with Gasteiger partial charge in [0.1, 0.15) is 18.2 Å². The van der Waals surface area contributed by atoms with E-state index < -0.39 is 0 Å². The van der Waals surface area contributed by atoms with Crippen molar-refractivity contribution in [2.45, 2.75) is 51.5 Å². The molecule has 0 aliphatic heterocycles. The molecule has 0 bridgehead atoms. The smallest absolute Gasteiger partial charge is 0.218 e. The Labute approximate surface area is 121 Å². The first-order valence-electron chi connectivity index (χ1n) is 7.58. The number of hydrogen-bond donors (Lipinski definition) is 1. The normalized spacial score (nSPS) is 15.5. The van der Waals surface area contributed by atoms with E-state index in [0.717, 1.165) is 24.5 Å². The zero-order valence-electron chi connectivity index (χ0n) is 12.5. The lowest BCUT2D eigenvalue weighted by Crippen LogP contribution is -2.17. The summed E-state index contributed by atoms with van der Waals surface area (Å²) in [7, 11) is 1.67. The van der Waals surface area contributed by atoms with Crippen LogP contribution >= 0.6 is 0 Å². The number of aromatic nitrogens is 2. The number of nitrogens with one attached hydrogen (secondary N) is 1. The highest BCUT2D eigenvalue weighted by Gasteiger charge is 2.16. The van der Waals surface area contributed by atoms with Crippen molar-refractivity contribution >= 4 is 5.82 Å². The van der Waals surface area contributed by atoms with Crippen molar-refractivity contribution in [3.63, 3.8) is 0 Å². The van der Waals surface area contributed by atoms with E-state index in [4.69, 9.17) is 9.47 Å². The fourth-order valence-corrected chi connectivity index (χ4v) is 2.46. The second-order valence-corrected chi connectivity index (χ2v) is 5.22. The van der Waals surface area contributed by atoms with Crippen LogP contribution in [0.3, 0.4) is 0 Å². The summed E-state index contributed by atoms with van der Waals surface area (Å²) in [5.41, 5.74) is 0. The molecular formula is C15H25N3O2. The van der Waals surface area contributed by atoms with E-state index in [9.17, 15) is 0 Å². The molecule has 20 heavy (non-hydrogen) atoms. The molecule has 1 aromatic heterocycles. The highest BCUT2D eigenvalue weighted by Crippen LogP contribution is 2.23. The monoisotopic (exact) mass is 279 g/mol. The number of anilines is 1. The van der Waals surface area contributed by atoms with Gasteiger partial charge in [-0.1, -0.05) is 19.8 Å². The van der Waals surface area contributed by atoms with Gasteiger partial charge in [-0.15, -0.1) is 0 Å². The van der Waals surface area contributed by atoms with Crippen molar-refractivity contribution in [1.29, 1.82) is 0 Å². The molecule has 1 saturated carbocycles. The summed E-state index contributed by atoms with van der Waals surface area (Å²) >= 11 is 0. The van der Waals surface area contributed by atoms with E-state index in [-0.39, 0.29) is 0 Å². The maximum absolute atomic E-state index is 5.62. The number of ether oxygens (including phenoxy) is 2. The molecular weight excluding hydrogens is 254 g/mol. The van der Waals surface area contributed by atoms with Gasteiger partial charge in [-0.2, -0.15) is 4.98 Å². The molecule has 0 atom stereocenters. The second kappa shape index (κ2) is 8.04. The van der Waals surface area contributed by atoms with E-state index in [1.165, 1.54) is 25.7 Å². The molecule has 5 nitrogen and oxygen atoms in total. The second-order valence-electron chi connectivity index (χ2n) is 5.22. The van der Waals surface area contributed by atoms with Gasteiger partial charge in [0.15, 0.2) is 0 Å². The van der Waals surface area contributed by atoms with Gasteiger partial charge in [-0.3, -0.25) is 0 Å². The predicted octanol–water partition coefficient (Wildman–Crippen LogP) is 2.81. The third-order valence-corrected chi connectivity index (χ3v) is 3.47. The summed E-state index contributed by atoms with van der Waals surface area (Å²) in [5.74, 6) is 2.38. The maximum atomic E-state index is 5.62. The van der Waals surface area contributed by atoms with Crippen LogP contribution in [0.1, 0.15) is 44.9 Å². The van der Waals surface area contributed by atoms with Crippen molar-refractivity contribution in [1.82, 2.24) is 9.97 Å². The average Bonchev–Trinajstić information content (AvgIpc) is 2.92. The molecule has 2 rings (SSSR count). The average molecular weight is 279 g/mol. The van der Waals surface area contributed by atoms with Crippen LogP contribution < -0.4 is 10.1 Å². The number of aryl methyl sites for hydroxylation is 1. The number of methoxy groups -OCH3 is 1. The molecule has 0 saturated heterocycles. The number of nitrogens with zero attached hydrogens (tertiary/aromatic N) is 2. The van der Waals surface area contributed by atoms with Gasteiger partial charge in [0.2, 0.25) is 5.88 Å². The topological polar surface area (TPSA) is 56.3 Å². The van der Waals surface area contributed by atoms with Crippen LogP contribution in [0.2, 0.25) is 0 Å². The van der Waals surface area contributed by atoms with Gasteiger partial charge in [0.05, 0.1) is 6.61 Å². The van der Waals surface area contributed by atoms with E-state index in [2.05, 4.69) is 22.2 Å². The van der Waals surface area contributed by atoms with Crippen LogP contribution in [0, 0.1) is 0 Å². The van der Waals surface area contributed by atoms with Crippen LogP contribution in [0.4, 0.5) is 5.82 Å². The van der Waals surface area contributed by atoms with Crippen molar-refractivity contribution in [3.05, 3.63) is 11.9 Å². The first kappa shape index (κ1) is 15.0. The summed E-state index contributed by atoms with van der Waals surface area (Å²) in [6.07, 6.45) is 6.98. The van der Waals surface area contributed by atoms with Crippen LogP contribution in [0.5, 0.6) is 5.88 Å². The summed E-state index contributed by atoms with van der Waals surface area (Å²) in [6, 6.07) is 2.44. The third kappa shape index (κ3) is 4.63. The van der Waals surface area contributed by atoms with Gasteiger partial charge in [0, 0.05) is 25.6 Å². The van der Waals surface area contributed by atoms with Crippen LogP contribution in [-0.4, -0.2) is 36.3 Å². The molecule has 1 aromatic rings. The molecule has 112 valence electrons. The Bertz CT molecular complexity index is 406. The maximum Gasteiger partial charge on any atom is 0.218 e. The molecule has 0 spiro atoms. The molecule has 1 heterocycles. The predicted molar refractivity (Wildman–Crippen MR) is 79.3 cm³/mol. The van der Waals surface area contributed by atoms with Crippen LogP contribution in [0.15, 0.2) is 6.07 Å². The van der Waals surface area contributed by atoms with Crippen molar-refractivity contribution < 1.29 is 9.47 Å². The first-order chi connectivity index (χ1) is 9.81. The molecule has 5 heteroatoms. The highest BCUT2D eigenvalue weighted by atomic mass is 16.5. The largest absolute Gasteiger partial charge is 0.475 e. The van der Waals surface area contributed by atoms with Gasteiger partial charge in [-0.05, 0) is 19.3 Å². The van der Waals surface area contributed by atoms with E-state index in [0.29, 0.717) is 25.1 Å². The Hall–Kier alpha value is -1.36. The molecule has 1 aliphatic rings. The lowest BCUT2D eigenvalue weighted by atomic mass is 10.2. The minimum atomic E-state index is 0.516. The molecule has 0 radical (unpaired) electrons. The van der Waals surface area contributed by atoms with E-state index in [1.54, 1.807) is 7.11 Å². The van der Waals surface area contributed by atoms with Crippen molar-refractivity contribution in [3.8, 4) is 5.88 Å². The first-order valence-corrected chi connectivity index (χ1v) is 7.58. The lowest BCUT2D eigenvalue weighted by molar-refractivity contribution is 0.143. The Kier molecular flexibility index (Phi) is 6.05. The zero-order chi connectivity index (χ0) is 14.2. The summed E-state index contributed by atoms with van der Waals surface area (Å²) in [5, 5.41) is 3.51. The Morgan fingerprint density at radius 3 is 2.75 bits per heavy atom. The van der Waals surface area contributed by atoms with Gasteiger partial charge < -0.3 is 14.8 Å². The van der Waals surface area contributed by atoms with Crippen molar-refractivity contribution in [2.24, 2.45) is 0 Å². The highest BCUT2D eigenvalue weighted by molar-refractivity contribution is 5.39. The molecule has 0 amide bonds. The molecule has 0 aromatic carbocycles.